The zero-order valence-electron chi connectivity index (χ0n) is 14.8. The maximum atomic E-state index is 11.0. The molecule has 0 aliphatic carbocycles. The highest BCUT2D eigenvalue weighted by Crippen LogP contribution is 2.31. The van der Waals surface area contributed by atoms with Gasteiger partial charge in [-0.2, -0.15) is 0 Å². The lowest BCUT2D eigenvalue weighted by molar-refractivity contribution is -0.140. The fourth-order valence-electron chi connectivity index (χ4n) is 3.06. The van der Waals surface area contributed by atoms with Gasteiger partial charge < -0.3 is 9.47 Å². The number of ether oxygens (including phenoxy) is 2. The van der Waals surface area contributed by atoms with Crippen molar-refractivity contribution >= 4 is 5.97 Å². The second-order valence-electron chi connectivity index (χ2n) is 6.65. The highest BCUT2D eigenvalue weighted by molar-refractivity contribution is 5.68. The average molecular weight is 312 g/mol. The summed E-state index contributed by atoms with van der Waals surface area (Å²) in [6.45, 7) is 2.27. The van der Waals surface area contributed by atoms with E-state index < -0.39 is 0 Å². The standard InChI is InChI=1S/C19H36O3/c1-3-4-5-6-7-8-9-11-14-17-18(22-17)15-12-10-13-16-19(20)21-2/h17-18H,3-16H2,1-2H3/t17-,18-/m0/s1. The first-order valence-corrected chi connectivity index (χ1v) is 9.50. The van der Waals surface area contributed by atoms with Crippen LogP contribution in [0.4, 0.5) is 0 Å². The van der Waals surface area contributed by atoms with Gasteiger partial charge in [0, 0.05) is 6.42 Å². The van der Waals surface area contributed by atoms with Gasteiger partial charge in [0.15, 0.2) is 0 Å². The van der Waals surface area contributed by atoms with Crippen LogP contribution >= 0.6 is 0 Å². The van der Waals surface area contributed by atoms with Crippen molar-refractivity contribution in [3.63, 3.8) is 0 Å². The number of unbranched alkanes of at least 4 members (excludes halogenated alkanes) is 9. The minimum absolute atomic E-state index is 0.0877. The number of esters is 1. The molecule has 2 atom stereocenters. The molecule has 0 aromatic heterocycles. The molecule has 3 heteroatoms. The minimum Gasteiger partial charge on any atom is -0.469 e. The van der Waals surface area contributed by atoms with Gasteiger partial charge in [-0.15, -0.1) is 0 Å². The Kier molecular flexibility index (Phi) is 11.4. The van der Waals surface area contributed by atoms with E-state index in [1.54, 1.807) is 0 Å². The number of hydrogen-bond acceptors (Lipinski definition) is 3. The molecular weight excluding hydrogens is 276 g/mol. The summed E-state index contributed by atoms with van der Waals surface area (Å²) >= 11 is 0. The van der Waals surface area contributed by atoms with Crippen LogP contribution in [0.15, 0.2) is 0 Å². The Labute approximate surface area is 137 Å². The van der Waals surface area contributed by atoms with Crippen molar-refractivity contribution in [3.05, 3.63) is 0 Å². The predicted octanol–water partition coefficient (Wildman–Crippen LogP) is 5.41. The lowest BCUT2D eigenvalue weighted by Crippen LogP contribution is -1.99. The van der Waals surface area contributed by atoms with Gasteiger partial charge in [-0.1, -0.05) is 71.1 Å². The lowest BCUT2D eigenvalue weighted by atomic mass is 10.0. The van der Waals surface area contributed by atoms with E-state index in [9.17, 15) is 4.79 Å². The highest BCUT2D eigenvalue weighted by atomic mass is 16.6. The topological polar surface area (TPSA) is 38.8 Å². The molecule has 0 radical (unpaired) electrons. The van der Waals surface area contributed by atoms with Gasteiger partial charge in [-0.3, -0.25) is 4.79 Å². The van der Waals surface area contributed by atoms with E-state index in [1.807, 2.05) is 0 Å². The molecule has 22 heavy (non-hydrogen) atoms. The van der Waals surface area contributed by atoms with Crippen LogP contribution in [0, 0.1) is 0 Å². The Morgan fingerprint density at radius 2 is 1.32 bits per heavy atom. The highest BCUT2D eigenvalue weighted by Gasteiger charge is 2.36. The van der Waals surface area contributed by atoms with Crippen LogP contribution in [0.1, 0.15) is 96.8 Å². The van der Waals surface area contributed by atoms with Crippen LogP contribution in [0.25, 0.3) is 0 Å². The third kappa shape index (κ3) is 10.2. The normalized spacial score (nSPS) is 20.1. The molecule has 1 fully saturated rings. The fraction of sp³-hybridized carbons (Fsp3) is 0.947. The second-order valence-corrected chi connectivity index (χ2v) is 6.65. The van der Waals surface area contributed by atoms with Crippen LogP contribution in [0.2, 0.25) is 0 Å². The van der Waals surface area contributed by atoms with E-state index in [1.165, 1.54) is 77.7 Å². The molecule has 0 aromatic carbocycles. The van der Waals surface area contributed by atoms with Gasteiger partial charge in [0.05, 0.1) is 19.3 Å². The first kappa shape index (κ1) is 19.5. The van der Waals surface area contributed by atoms with Gasteiger partial charge in [-0.05, 0) is 19.3 Å². The predicted molar refractivity (Wildman–Crippen MR) is 91.0 cm³/mol. The molecule has 1 aliphatic rings. The third-order valence-electron chi connectivity index (χ3n) is 4.63. The second kappa shape index (κ2) is 12.9. The van der Waals surface area contributed by atoms with Crippen molar-refractivity contribution in [2.75, 3.05) is 7.11 Å². The number of methoxy groups -OCH3 is 1. The van der Waals surface area contributed by atoms with E-state index in [4.69, 9.17) is 4.74 Å². The molecule has 1 saturated heterocycles. The molecule has 0 aromatic rings. The number of epoxide rings is 1. The van der Waals surface area contributed by atoms with Gasteiger partial charge in [0.1, 0.15) is 0 Å². The maximum Gasteiger partial charge on any atom is 0.305 e. The summed E-state index contributed by atoms with van der Waals surface area (Å²) in [4.78, 5) is 11.0. The SMILES string of the molecule is CCCCCCCCCC[C@@H]1O[C@H]1CCCCCC(=O)OC. The number of carbonyl (C=O) groups excluding carboxylic acids is 1. The Balaban J connectivity index is 1.78. The van der Waals surface area contributed by atoms with Crippen LogP contribution in [-0.2, 0) is 14.3 Å². The molecular formula is C19H36O3. The molecule has 1 aliphatic heterocycles. The van der Waals surface area contributed by atoms with E-state index in [0.29, 0.717) is 18.6 Å². The first-order valence-electron chi connectivity index (χ1n) is 9.50. The van der Waals surface area contributed by atoms with Gasteiger partial charge in [-0.25, -0.2) is 0 Å². The summed E-state index contributed by atoms with van der Waals surface area (Å²) in [7, 11) is 1.45. The Hall–Kier alpha value is -0.570. The summed E-state index contributed by atoms with van der Waals surface area (Å²) in [5, 5.41) is 0. The van der Waals surface area contributed by atoms with Gasteiger partial charge in [0.25, 0.3) is 0 Å². The average Bonchev–Trinajstić information content (AvgIpc) is 3.27. The van der Waals surface area contributed by atoms with E-state index in [0.717, 1.165) is 12.8 Å². The molecule has 0 amide bonds. The van der Waals surface area contributed by atoms with Crippen molar-refractivity contribution in [2.24, 2.45) is 0 Å². The van der Waals surface area contributed by atoms with Crippen LogP contribution in [-0.4, -0.2) is 25.3 Å². The van der Waals surface area contributed by atoms with Crippen molar-refractivity contribution in [1.29, 1.82) is 0 Å². The molecule has 1 rings (SSSR count). The van der Waals surface area contributed by atoms with E-state index in [-0.39, 0.29) is 5.97 Å². The maximum absolute atomic E-state index is 11.0. The lowest BCUT2D eigenvalue weighted by Gasteiger charge is -2.01. The minimum atomic E-state index is -0.0877. The molecule has 0 saturated carbocycles. The summed E-state index contributed by atoms with van der Waals surface area (Å²) in [5.74, 6) is -0.0877. The summed E-state index contributed by atoms with van der Waals surface area (Å²) < 4.78 is 10.4. The van der Waals surface area contributed by atoms with Gasteiger partial charge in [0.2, 0.25) is 0 Å². The zero-order chi connectivity index (χ0) is 16.0. The molecule has 0 spiro atoms. The molecule has 0 N–H and O–H groups in total. The Bertz CT molecular complexity index is 278. The van der Waals surface area contributed by atoms with E-state index in [2.05, 4.69) is 11.7 Å². The van der Waals surface area contributed by atoms with E-state index >= 15 is 0 Å². The molecule has 0 bridgehead atoms. The molecule has 1 heterocycles. The summed E-state index contributed by atoms with van der Waals surface area (Å²) in [6, 6.07) is 0. The van der Waals surface area contributed by atoms with Crippen molar-refractivity contribution in [1.82, 2.24) is 0 Å². The Morgan fingerprint density at radius 3 is 1.86 bits per heavy atom. The summed E-state index contributed by atoms with van der Waals surface area (Å²) in [5.41, 5.74) is 0. The zero-order valence-corrected chi connectivity index (χ0v) is 14.8. The summed E-state index contributed by atoms with van der Waals surface area (Å²) in [6.07, 6.45) is 18.4. The smallest absolute Gasteiger partial charge is 0.305 e. The monoisotopic (exact) mass is 312 g/mol. The van der Waals surface area contributed by atoms with Crippen molar-refractivity contribution in [3.8, 4) is 0 Å². The number of hydrogen-bond donors (Lipinski definition) is 0. The molecule has 0 unspecified atom stereocenters. The molecule has 3 nitrogen and oxygen atoms in total. The molecule has 130 valence electrons. The first-order chi connectivity index (χ1) is 10.8. The largest absolute Gasteiger partial charge is 0.469 e. The number of rotatable bonds is 15. The van der Waals surface area contributed by atoms with Crippen molar-refractivity contribution < 1.29 is 14.3 Å². The van der Waals surface area contributed by atoms with Crippen LogP contribution in [0.3, 0.4) is 0 Å². The van der Waals surface area contributed by atoms with Gasteiger partial charge >= 0.3 is 5.97 Å². The quantitative estimate of drug-likeness (QED) is 0.230. The third-order valence-corrected chi connectivity index (χ3v) is 4.63. The Morgan fingerprint density at radius 1 is 0.818 bits per heavy atom. The fourth-order valence-corrected chi connectivity index (χ4v) is 3.06. The van der Waals surface area contributed by atoms with Crippen LogP contribution in [0.5, 0.6) is 0 Å². The number of carbonyl (C=O) groups is 1. The van der Waals surface area contributed by atoms with Crippen molar-refractivity contribution in [2.45, 2.75) is 109 Å². The van der Waals surface area contributed by atoms with Crippen LogP contribution < -0.4 is 0 Å².